The third-order valence-electron chi connectivity index (χ3n) is 3.68. The Morgan fingerprint density at radius 2 is 2.00 bits per heavy atom. The standard InChI is InChI=1S/C16H18N4OS/c1-22-13-7-3-2-6-12(13)16(21)19-14-10-15(18-11-17-14)20-8-4-5-9-20/h2-3,6-7,10-11H,4-5,8-9H2,1H3,(H,17,18,19,21). The van der Waals surface area contributed by atoms with E-state index >= 15 is 0 Å². The summed E-state index contributed by atoms with van der Waals surface area (Å²) >= 11 is 1.56. The molecule has 1 aromatic carbocycles. The molecule has 2 aromatic rings. The van der Waals surface area contributed by atoms with E-state index in [9.17, 15) is 4.79 Å². The minimum atomic E-state index is -0.143. The summed E-state index contributed by atoms with van der Waals surface area (Å²) in [5.74, 6) is 1.27. The zero-order chi connectivity index (χ0) is 15.4. The topological polar surface area (TPSA) is 58.1 Å². The molecule has 1 N–H and O–H groups in total. The molecule has 22 heavy (non-hydrogen) atoms. The smallest absolute Gasteiger partial charge is 0.257 e. The number of nitrogens with zero attached hydrogens (tertiary/aromatic N) is 3. The van der Waals surface area contributed by atoms with Crippen molar-refractivity contribution in [2.24, 2.45) is 0 Å². The van der Waals surface area contributed by atoms with E-state index < -0.39 is 0 Å². The lowest BCUT2D eigenvalue weighted by molar-refractivity contribution is 0.102. The average molecular weight is 314 g/mol. The van der Waals surface area contributed by atoms with Gasteiger partial charge in [-0.1, -0.05) is 12.1 Å². The second kappa shape index (κ2) is 6.79. The number of thioether (sulfide) groups is 1. The van der Waals surface area contributed by atoms with Crippen molar-refractivity contribution in [3.8, 4) is 0 Å². The fraction of sp³-hybridized carbons (Fsp3) is 0.312. The van der Waals surface area contributed by atoms with Crippen LogP contribution in [0.5, 0.6) is 0 Å². The van der Waals surface area contributed by atoms with E-state index in [1.165, 1.54) is 19.2 Å². The number of hydrogen-bond donors (Lipinski definition) is 1. The number of anilines is 2. The normalized spacial score (nSPS) is 14.1. The van der Waals surface area contributed by atoms with Gasteiger partial charge in [-0.15, -0.1) is 11.8 Å². The summed E-state index contributed by atoms with van der Waals surface area (Å²) in [5, 5.41) is 2.87. The second-order valence-electron chi connectivity index (χ2n) is 5.11. The van der Waals surface area contributed by atoms with Crippen LogP contribution in [0.2, 0.25) is 0 Å². The molecular formula is C16H18N4OS. The molecule has 2 heterocycles. The van der Waals surface area contributed by atoms with Gasteiger partial charge in [0.05, 0.1) is 5.56 Å². The van der Waals surface area contributed by atoms with Crippen molar-refractivity contribution in [1.82, 2.24) is 9.97 Å². The van der Waals surface area contributed by atoms with Gasteiger partial charge in [0.15, 0.2) is 0 Å². The van der Waals surface area contributed by atoms with Gasteiger partial charge in [0.1, 0.15) is 18.0 Å². The Hall–Kier alpha value is -2.08. The predicted molar refractivity (Wildman–Crippen MR) is 89.7 cm³/mol. The van der Waals surface area contributed by atoms with Crippen molar-refractivity contribution >= 4 is 29.3 Å². The molecule has 0 spiro atoms. The molecule has 1 aromatic heterocycles. The third kappa shape index (κ3) is 3.22. The number of rotatable bonds is 4. The summed E-state index contributed by atoms with van der Waals surface area (Å²) in [4.78, 5) is 24.0. The number of amides is 1. The van der Waals surface area contributed by atoms with Gasteiger partial charge in [0, 0.05) is 24.1 Å². The summed E-state index contributed by atoms with van der Waals surface area (Å²) in [5.41, 5.74) is 0.663. The molecule has 0 radical (unpaired) electrons. The Labute approximate surface area is 134 Å². The maximum absolute atomic E-state index is 12.4. The lowest BCUT2D eigenvalue weighted by atomic mass is 10.2. The van der Waals surface area contributed by atoms with Crippen LogP contribution in [0.15, 0.2) is 41.6 Å². The van der Waals surface area contributed by atoms with E-state index in [0.717, 1.165) is 23.8 Å². The van der Waals surface area contributed by atoms with Crippen LogP contribution in [0.4, 0.5) is 11.6 Å². The van der Waals surface area contributed by atoms with Crippen LogP contribution in [0.1, 0.15) is 23.2 Å². The number of aromatic nitrogens is 2. The zero-order valence-electron chi connectivity index (χ0n) is 12.5. The number of nitrogens with one attached hydrogen (secondary N) is 1. The number of benzene rings is 1. The monoisotopic (exact) mass is 314 g/mol. The fourth-order valence-electron chi connectivity index (χ4n) is 2.55. The Bertz CT molecular complexity index is 671. The molecule has 0 atom stereocenters. The molecule has 5 nitrogen and oxygen atoms in total. The number of carbonyl (C=O) groups is 1. The maximum atomic E-state index is 12.4. The van der Waals surface area contributed by atoms with Crippen LogP contribution in [-0.2, 0) is 0 Å². The van der Waals surface area contributed by atoms with Crippen molar-refractivity contribution < 1.29 is 4.79 Å². The van der Waals surface area contributed by atoms with E-state index in [1.54, 1.807) is 11.8 Å². The lowest BCUT2D eigenvalue weighted by Crippen LogP contribution is -2.20. The molecule has 3 rings (SSSR count). The largest absolute Gasteiger partial charge is 0.356 e. The van der Waals surface area contributed by atoms with E-state index in [0.29, 0.717) is 11.4 Å². The van der Waals surface area contributed by atoms with Crippen molar-refractivity contribution in [3.05, 3.63) is 42.2 Å². The Kier molecular flexibility index (Phi) is 4.58. The summed E-state index contributed by atoms with van der Waals surface area (Å²) in [6.45, 7) is 2.03. The van der Waals surface area contributed by atoms with Gasteiger partial charge < -0.3 is 10.2 Å². The van der Waals surface area contributed by atoms with Crippen LogP contribution < -0.4 is 10.2 Å². The van der Waals surface area contributed by atoms with Gasteiger partial charge in [0.25, 0.3) is 5.91 Å². The highest BCUT2D eigenvalue weighted by Gasteiger charge is 2.15. The first-order valence-electron chi connectivity index (χ1n) is 7.29. The Morgan fingerprint density at radius 3 is 2.77 bits per heavy atom. The van der Waals surface area contributed by atoms with Crippen LogP contribution in [-0.4, -0.2) is 35.2 Å². The van der Waals surface area contributed by atoms with Gasteiger partial charge in [-0.3, -0.25) is 4.79 Å². The second-order valence-corrected chi connectivity index (χ2v) is 5.96. The summed E-state index contributed by atoms with van der Waals surface area (Å²) in [7, 11) is 0. The minimum absolute atomic E-state index is 0.143. The molecule has 0 bridgehead atoms. The van der Waals surface area contributed by atoms with Crippen LogP contribution in [0.3, 0.4) is 0 Å². The van der Waals surface area contributed by atoms with Gasteiger partial charge in [-0.05, 0) is 31.2 Å². The van der Waals surface area contributed by atoms with E-state index in [1.807, 2.05) is 36.6 Å². The van der Waals surface area contributed by atoms with Crippen LogP contribution in [0.25, 0.3) is 0 Å². The third-order valence-corrected chi connectivity index (χ3v) is 4.47. The zero-order valence-corrected chi connectivity index (χ0v) is 13.3. The van der Waals surface area contributed by atoms with Crippen molar-refractivity contribution in [3.63, 3.8) is 0 Å². The highest BCUT2D eigenvalue weighted by atomic mass is 32.2. The van der Waals surface area contributed by atoms with Crippen LogP contribution in [0, 0.1) is 0 Å². The van der Waals surface area contributed by atoms with Gasteiger partial charge in [-0.25, -0.2) is 9.97 Å². The molecule has 0 saturated carbocycles. The number of hydrogen-bond acceptors (Lipinski definition) is 5. The molecule has 1 aliphatic rings. The van der Waals surface area contributed by atoms with E-state index in [-0.39, 0.29) is 5.91 Å². The first-order chi connectivity index (χ1) is 10.8. The highest BCUT2D eigenvalue weighted by Crippen LogP contribution is 2.22. The summed E-state index contributed by atoms with van der Waals surface area (Å²) in [6.07, 6.45) is 5.84. The van der Waals surface area contributed by atoms with Gasteiger partial charge in [-0.2, -0.15) is 0 Å². The predicted octanol–water partition coefficient (Wildman–Crippen LogP) is 3.05. The highest BCUT2D eigenvalue weighted by molar-refractivity contribution is 7.98. The Balaban J connectivity index is 1.77. The fourth-order valence-corrected chi connectivity index (χ4v) is 3.15. The molecule has 114 valence electrons. The average Bonchev–Trinajstić information content (AvgIpc) is 3.09. The van der Waals surface area contributed by atoms with Gasteiger partial charge >= 0.3 is 0 Å². The molecule has 1 aliphatic heterocycles. The van der Waals surface area contributed by atoms with Crippen molar-refractivity contribution in [2.75, 3.05) is 29.6 Å². The molecule has 1 amide bonds. The molecule has 0 aliphatic carbocycles. The molecule has 0 unspecified atom stereocenters. The summed E-state index contributed by atoms with van der Waals surface area (Å²) in [6, 6.07) is 9.40. The minimum Gasteiger partial charge on any atom is -0.356 e. The molecular weight excluding hydrogens is 296 g/mol. The Morgan fingerprint density at radius 1 is 1.23 bits per heavy atom. The molecule has 6 heteroatoms. The first kappa shape index (κ1) is 14.8. The maximum Gasteiger partial charge on any atom is 0.257 e. The lowest BCUT2D eigenvalue weighted by Gasteiger charge is -2.16. The number of carbonyl (C=O) groups excluding carboxylic acids is 1. The van der Waals surface area contributed by atoms with Crippen molar-refractivity contribution in [2.45, 2.75) is 17.7 Å². The van der Waals surface area contributed by atoms with Crippen LogP contribution >= 0.6 is 11.8 Å². The van der Waals surface area contributed by atoms with Gasteiger partial charge in [0.2, 0.25) is 0 Å². The van der Waals surface area contributed by atoms with E-state index in [4.69, 9.17) is 0 Å². The molecule has 1 saturated heterocycles. The first-order valence-corrected chi connectivity index (χ1v) is 8.52. The van der Waals surface area contributed by atoms with E-state index in [2.05, 4.69) is 20.2 Å². The quantitative estimate of drug-likeness (QED) is 0.879. The SMILES string of the molecule is CSc1ccccc1C(=O)Nc1cc(N2CCCC2)ncn1. The summed E-state index contributed by atoms with van der Waals surface area (Å²) < 4.78 is 0. The molecule has 1 fully saturated rings. The van der Waals surface area contributed by atoms with Crippen molar-refractivity contribution in [1.29, 1.82) is 0 Å².